The summed E-state index contributed by atoms with van der Waals surface area (Å²) in [7, 11) is -7.38. The lowest BCUT2D eigenvalue weighted by atomic mass is 10.0. The molecule has 0 atom stereocenters. The van der Waals surface area contributed by atoms with Crippen LogP contribution in [0.3, 0.4) is 0 Å². The first-order valence-corrected chi connectivity index (χ1v) is 11.1. The Bertz CT molecular complexity index is 1160. The molecule has 2 heterocycles. The molecule has 0 amide bonds. The molecule has 0 bridgehead atoms. The van der Waals surface area contributed by atoms with Gasteiger partial charge in [-0.25, -0.2) is 17.5 Å². The Balaban J connectivity index is 1.70. The lowest BCUT2D eigenvalue weighted by Crippen LogP contribution is -2.25. The van der Waals surface area contributed by atoms with E-state index >= 15 is 0 Å². The Kier molecular flexibility index (Phi) is 4.13. The molecule has 1 saturated carbocycles. The topological polar surface area (TPSA) is 148 Å². The van der Waals surface area contributed by atoms with E-state index in [1.54, 1.807) is 30.3 Å². The maximum atomic E-state index is 12.0. The molecule has 2 aromatic rings. The number of hydrogen-bond donors (Lipinski definition) is 2. The van der Waals surface area contributed by atoms with Crippen molar-refractivity contribution >= 4 is 31.6 Å². The van der Waals surface area contributed by atoms with E-state index in [1.807, 2.05) is 0 Å². The van der Waals surface area contributed by atoms with E-state index in [9.17, 15) is 16.8 Å². The molecular formula is C15H16N6O4S2. The summed E-state index contributed by atoms with van der Waals surface area (Å²) in [5.41, 5.74) is 2.36. The number of nitrogens with two attached hydrogens (primary N) is 1. The monoisotopic (exact) mass is 408 g/mol. The van der Waals surface area contributed by atoms with Crippen molar-refractivity contribution in [3.63, 3.8) is 0 Å². The lowest BCUT2D eigenvalue weighted by Gasteiger charge is -2.10. The zero-order chi connectivity index (χ0) is 19.2. The highest BCUT2D eigenvalue weighted by atomic mass is 32.2. The molecular weight excluding hydrogens is 392 g/mol. The largest absolute Gasteiger partial charge is 0.302 e. The molecule has 1 fully saturated rings. The number of rotatable bonds is 6. The second kappa shape index (κ2) is 6.25. The van der Waals surface area contributed by atoms with Crippen molar-refractivity contribution in [2.75, 3.05) is 11.3 Å². The van der Waals surface area contributed by atoms with Gasteiger partial charge < -0.3 is 0 Å². The van der Waals surface area contributed by atoms with E-state index in [1.165, 1.54) is 6.20 Å². The van der Waals surface area contributed by atoms with E-state index in [-0.39, 0.29) is 17.5 Å². The molecule has 0 radical (unpaired) electrons. The van der Waals surface area contributed by atoms with Gasteiger partial charge in [0.2, 0.25) is 10.0 Å². The van der Waals surface area contributed by atoms with Crippen molar-refractivity contribution in [2.45, 2.75) is 18.1 Å². The summed E-state index contributed by atoms with van der Waals surface area (Å²) in [5.74, 6) is 0. The van der Waals surface area contributed by atoms with Crippen LogP contribution in [0.1, 0.15) is 18.5 Å². The quantitative estimate of drug-likeness (QED) is 0.740. The molecule has 1 aliphatic heterocycles. The van der Waals surface area contributed by atoms with Crippen molar-refractivity contribution in [1.82, 2.24) is 3.97 Å². The fraction of sp³-hybridized carbons (Fsp3) is 0.267. The fourth-order valence-corrected chi connectivity index (χ4v) is 4.90. The predicted octanol–water partition coefficient (Wildman–Crippen LogP) is 1.28. The first kappa shape index (κ1) is 17.8. The summed E-state index contributed by atoms with van der Waals surface area (Å²) in [6, 6.07) is 8.24. The molecule has 10 nitrogen and oxygen atoms in total. The van der Waals surface area contributed by atoms with Crippen molar-refractivity contribution in [1.29, 1.82) is 0 Å². The number of anilines is 1. The Labute approximate surface area is 156 Å². The molecule has 0 saturated heterocycles. The van der Waals surface area contributed by atoms with Crippen LogP contribution in [0.4, 0.5) is 5.69 Å². The number of nitrogens with one attached hydrogen (secondary N) is 1. The van der Waals surface area contributed by atoms with Gasteiger partial charge in [-0.05, 0) is 41.8 Å². The van der Waals surface area contributed by atoms with E-state index in [4.69, 9.17) is 5.14 Å². The Morgan fingerprint density at radius 2 is 1.78 bits per heavy atom. The standard InChI is InChI=1S/C15H16N6O4S2/c16-27(24,25)21-8-7-13(15(21)14-9-17-20-18-14)10-1-3-11(4-2-10)19-26(22,23)12-5-6-12/h1-4,7-8,12,19H,5-6,9H2,(H2,16,24,25). The molecule has 0 unspecified atom stereocenters. The third-order valence-corrected chi connectivity index (χ3v) is 6.99. The number of benzene rings is 1. The second-order valence-corrected chi connectivity index (χ2v) is 9.66. The predicted molar refractivity (Wildman–Crippen MR) is 100 cm³/mol. The van der Waals surface area contributed by atoms with Crippen LogP contribution in [0.2, 0.25) is 0 Å². The van der Waals surface area contributed by atoms with Crippen LogP contribution in [-0.4, -0.2) is 38.3 Å². The van der Waals surface area contributed by atoms with Gasteiger partial charge in [0.15, 0.2) is 0 Å². The maximum Gasteiger partial charge on any atom is 0.302 e. The van der Waals surface area contributed by atoms with Gasteiger partial charge in [-0.1, -0.05) is 12.1 Å². The third kappa shape index (κ3) is 3.50. The molecule has 4 rings (SSSR count). The molecule has 3 N–H and O–H groups in total. The van der Waals surface area contributed by atoms with Gasteiger partial charge in [-0.15, -0.1) is 5.10 Å². The Hall–Kier alpha value is -2.57. The normalized spacial score (nSPS) is 17.1. The molecule has 0 spiro atoms. The van der Waals surface area contributed by atoms with Gasteiger partial charge in [0.1, 0.15) is 12.3 Å². The lowest BCUT2D eigenvalue weighted by molar-refractivity contribution is 0.588. The second-order valence-electron chi connectivity index (χ2n) is 6.28. The van der Waals surface area contributed by atoms with Crippen molar-refractivity contribution in [3.05, 3.63) is 42.2 Å². The summed E-state index contributed by atoms with van der Waals surface area (Å²) >= 11 is 0. The van der Waals surface area contributed by atoms with Crippen LogP contribution in [0, 0.1) is 0 Å². The zero-order valence-corrected chi connectivity index (χ0v) is 15.6. The average molecular weight is 408 g/mol. The van der Waals surface area contributed by atoms with Crippen LogP contribution < -0.4 is 9.86 Å². The van der Waals surface area contributed by atoms with Crippen LogP contribution in [0.5, 0.6) is 0 Å². The molecule has 1 aliphatic carbocycles. The van der Waals surface area contributed by atoms with E-state index in [0.717, 1.165) is 3.97 Å². The van der Waals surface area contributed by atoms with Gasteiger partial charge in [0.25, 0.3) is 0 Å². The summed E-state index contributed by atoms with van der Waals surface area (Å²) in [4.78, 5) is 0. The highest BCUT2D eigenvalue weighted by Crippen LogP contribution is 2.31. The number of nitrogens with zero attached hydrogens (tertiary/aromatic N) is 4. The highest BCUT2D eigenvalue weighted by molar-refractivity contribution is 7.93. The summed E-state index contributed by atoms with van der Waals surface area (Å²) in [6.45, 7) is 0.145. The minimum absolute atomic E-state index is 0.145. The summed E-state index contributed by atoms with van der Waals surface area (Å²) in [5, 5.41) is 16.1. The van der Waals surface area contributed by atoms with Crippen molar-refractivity contribution in [3.8, 4) is 11.1 Å². The summed E-state index contributed by atoms with van der Waals surface area (Å²) in [6.07, 6.45) is 2.69. The summed E-state index contributed by atoms with van der Waals surface area (Å²) < 4.78 is 51.3. The average Bonchev–Trinajstić information content (AvgIpc) is 3.16. The maximum absolute atomic E-state index is 12.0. The zero-order valence-electron chi connectivity index (χ0n) is 14.0. The highest BCUT2D eigenvalue weighted by Gasteiger charge is 2.35. The smallest absolute Gasteiger partial charge is 0.283 e. The first-order chi connectivity index (χ1) is 12.8. The third-order valence-electron chi connectivity index (χ3n) is 4.27. The Morgan fingerprint density at radius 1 is 1.07 bits per heavy atom. The van der Waals surface area contributed by atoms with Gasteiger partial charge in [-0.2, -0.15) is 13.5 Å². The molecule has 142 valence electrons. The van der Waals surface area contributed by atoms with Gasteiger partial charge >= 0.3 is 10.2 Å². The number of aromatic nitrogens is 1. The van der Waals surface area contributed by atoms with Crippen LogP contribution in [0.15, 0.2) is 52.0 Å². The minimum Gasteiger partial charge on any atom is -0.283 e. The Morgan fingerprint density at radius 3 is 2.33 bits per heavy atom. The van der Waals surface area contributed by atoms with E-state index in [2.05, 4.69) is 20.2 Å². The fourth-order valence-electron chi connectivity index (χ4n) is 2.82. The van der Waals surface area contributed by atoms with Gasteiger partial charge in [-0.3, -0.25) is 4.72 Å². The van der Waals surface area contributed by atoms with Crippen molar-refractivity contribution < 1.29 is 16.8 Å². The SMILES string of the molecule is NS(=O)(=O)n1ccc(-c2ccc(NS(=O)(=O)C3CC3)cc2)c1C1=NN=NC1. The molecule has 1 aromatic heterocycles. The first-order valence-electron chi connectivity index (χ1n) is 8.06. The molecule has 27 heavy (non-hydrogen) atoms. The van der Waals surface area contributed by atoms with Gasteiger partial charge in [0.05, 0.1) is 10.9 Å². The number of sulfonamides is 1. The molecule has 2 aliphatic rings. The molecule has 12 heteroatoms. The van der Waals surface area contributed by atoms with E-state index < -0.39 is 20.2 Å². The van der Waals surface area contributed by atoms with Crippen LogP contribution in [0.25, 0.3) is 11.1 Å². The van der Waals surface area contributed by atoms with Crippen LogP contribution >= 0.6 is 0 Å². The van der Waals surface area contributed by atoms with Crippen molar-refractivity contribution in [2.24, 2.45) is 20.6 Å². The minimum atomic E-state index is -4.03. The van der Waals surface area contributed by atoms with Gasteiger partial charge in [0, 0.05) is 17.4 Å². The van der Waals surface area contributed by atoms with E-state index in [0.29, 0.717) is 35.4 Å². The number of hydrogen-bond acceptors (Lipinski definition) is 7. The van der Waals surface area contributed by atoms with Crippen LogP contribution in [-0.2, 0) is 20.2 Å². The molecule has 1 aromatic carbocycles.